The zero-order valence-electron chi connectivity index (χ0n) is 22.3. The first kappa shape index (κ1) is 34.1. The van der Waals surface area contributed by atoms with E-state index in [1.807, 2.05) is 0 Å². The van der Waals surface area contributed by atoms with Crippen LogP contribution in [-0.2, 0) is 33.2 Å². The number of rotatable bonds is 8. The lowest BCUT2D eigenvalue weighted by Crippen LogP contribution is -2.67. The molecule has 4 heterocycles. The summed E-state index contributed by atoms with van der Waals surface area (Å²) in [7, 11) is 0. The van der Waals surface area contributed by atoms with Gasteiger partial charge in [-0.05, 0) is 6.92 Å². The molecule has 4 aliphatic heterocycles. The number of hydrogen-bond donors (Lipinski definition) is 12. The van der Waals surface area contributed by atoms with Gasteiger partial charge in [0.15, 0.2) is 25.2 Å². The van der Waals surface area contributed by atoms with E-state index in [1.165, 1.54) is 6.92 Å². The summed E-state index contributed by atoms with van der Waals surface area (Å²) in [5.41, 5.74) is 0. The average Bonchev–Trinajstić information content (AvgIpc) is 2.96. The van der Waals surface area contributed by atoms with Gasteiger partial charge in [0.1, 0.15) is 85.5 Å². The quantitative estimate of drug-likeness (QED) is 0.120. The zero-order chi connectivity index (χ0) is 31.0. The van der Waals surface area contributed by atoms with Crippen molar-refractivity contribution in [1.29, 1.82) is 0 Å². The Morgan fingerprint density at radius 3 is 1.67 bits per heavy atom. The van der Waals surface area contributed by atoms with Crippen LogP contribution in [0.15, 0.2) is 0 Å². The molecule has 0 bridgehead atoms. The summed E-state index contributed by atoms with van der Waals surface area (Å²) < 4.78 is 38.4. The van der Waals surface area contributed by atoms with Gasteiger partial charge in [-0.15, -0.1) is 0 Å². The topological polar surface area (TPSA) is 307 Å². The van der Waals surface area contributed by atoms with Crippen LogP contribution in [-0.4, -0.2) is 198 Å². The molecule has 19 atom stereocenters. The maximum atomic E-state index is 10.9. The minimum Gasteiger partial charge on any atom is -0.394 e. The summed E-state index contributed by atoms with van der Waals surface area (Å²) in [6.45, 7) is -0.722. The van der Waals surface area contributed by atoms with Crippen molar-refractivity contribution in [1.82, 2.24) is 0 Å². The molecule has 42 heavy (non-hydrogen) atoms. The van der Waals surface area contributed by atoms with E-state index in [9.17, 15) is 61.3 Å². The number of hydrogen-bond acceptors (Lipinski definition) is 19. The molecule has 0 aromatic carbocycles. The molecule has 246 valence electrons. The average molecular weight is 621 g/mol. The van der Waals surface area contributed by atoms with E-state index in [0.29, 0.717) is 0 Å². The van der Waals surface area contributed by atoms with Gasteiger partial charge >= 0.3 is 0 Å². The van der Waals surface area contributed by atoms with Crippen LogP contribution in [0.3, 0.4) is 0 Å². The SMILES string of the molecule is C[C@H]1O[C@@H](O)[C@H](O[C@@H]2O[C@H](CO)[C@@H](O)[C@H](O)[C@H]2O)[C@@H](O[C@@H]2O[C@H](CO)[C@@H](O)[C@H](O)[C@H]2O[C@@H]2OC[C@@H](O)[C@H](O)[C@H]2O)[C@H]1O. The molecule has 4 fully saturated rings. The minimum absolute atomic E-state index is 0.475. The van der Waals surface area contributed by atoms with E-state index in [4.69, 9.17) is 33.2 Å². The minimum atomic E-state index is -1.91. The maximum absolute atomic E-state index is 10.9. The van der Waals surface area contributed by atoms with E-state index >= 15 is 0 Å². The molecule has 0 aliphatic carbocycles. The van der Waals surface area contributed by atoms with E-state index in [1.54, 1.807) is 0 Å². The van der Waals surface area contributed by atoms with Crippen molar-refractivity contribution in [2.75, 3.05) is 19.8 Å². The normalized spacial score (nSPS) is 54.1. The van der Waals surface area contributed by atoms with Gasteiger partial charge < -0.3 is 94.4 Å². The second kappa shape index (κ2) is 14.1. The van der Waals surface area contributed by atoms with Crippen LogP contribution >= 0.6 is 0 Å². The van der Waals surface area contributed by atoms with E-state index < -0.39 is 137 Å². The van der Waals surface area contributed by atoms with Crippen LogP contribution in [0, 0.1) is 0 Å². The summed E-state index contributed by atoms with van der Waals surface area (Å²) in [5.74, 6) is 0. The first-order valence-corrected chi connectivity index (χ1v) is 13.4. The van der Waals surface area contributed by atoms with Crippen LogP contribution in [0.25, 0.3) is 0 Å². The Morgan fingerprint density at radius 1 is 0.524 bits per heavy atom. The van der Waals surface area contributed by atoms with Crippen LogP contribution in [0.4, 0.5) is 0 Å². The molecular formula is C23H40O19. The Balaban J connectivity index is 1.59. The number of aliphatic hydroxyl groups excluding tert-OH is 12. The summed E-state index contributed by atoms with van der Waals surface area (Å²) in [5, 5.41) is 123. The van der Waals surface area contributed by atoms with E-state index in [2.05, 4.69) is 0 Å². The molecule has 4 aliphatic rings. The number of aliphatic hydroxyl groups is 12. The fraction of sp³-hybridized carbons (Fsp3) is 1.00. The van der Waals surface area contributed by atoms with Crippen LogP contribution in [0.1, 0.15) is 6.92 Å². The van der Waals surface area contributed by atoms with Crippen molar-refractivity contribution in [3.8, 4) is 0 Å². The molecule has 19 heteroatoms. The van der Waals surface area contributed by atoms with Crippen LogP contribution < -0.4 is 0 Å². The lowest BCUT2D eigenvalue weighted by molar-refractivity contribution is -0.397. The van der Waals surface area contributed by atoms with Gasteiger partial charge in [-0.25, -0.2) is 0 Å². The summed E-state index contributed by atoms with van der Waals surface area (Å²) in [6, 6.07) is 0. The summed E-state index contributed by atoms with van der Waals surface area (Å²) in [6.07, 6.45) is -32.0. The lowest BCUT2D eigenvalue weighted by Gasteiger charge is -2.49. The van der Waals surface area contributed by atoms with Gasteiger partial charge in [0, 0.05) is 0 Å². The fourth-order valence-electron chi connectivity index (χ4n) is 5.16. The summed E-state index contributed by atoms with van der Waals surface area (Å²) >= 11 is 0. The van der Waals surface area contributed by atoms with Gasteiger partial charge in [0.25, 0.3) is 0 Å². The third-order valence-corrected chi connectivity index (χ3v) is 7.78. The van der Waals surface area contributed by atoms with Crippen molar-refractivity contribution < 1.29 is 94.4 Å². The molecule has 0 radical (unpaired) electrons. The van der Waals surface area contributed by atoms with Crippen LogP contribution in [0.5, 0.6) is 0 Å². The molecule has 0 saturated carbocycles. The standard InChI is InChI=1S/C23H40O19/c1-5-9(27)17(19(20(35)37-5)42-22-16(34)13(31)11(29)7(2-24)38-22)40-23-18(14(32)12(30)8(3-25)39-23)41-21-15(33)10(28)6(26)4-36-21/h5-35H,2-4H2,1H3/t5-,6-,7-,8-,9+,10+,11-,12-,13+,14+,15-,16-,17+,18-,19-,20-,21+,22+,23+/m1/s1. The van der Waals surface area contributed by atoms with Crippen LogP contribution in [0.2, 0.25) is 0 Å². The highest BCUT2D eigenvalue weighted by molar-refractivity contribution is 4.96. The summed E-state index contributed by atoms with van der Waals surface area (Å²) in [4.78, 5) is 0. The molecule has 0 unspecified atom stereocenters. The van der Waals surface area contributed by atoms with Crippen molar-refractivity contribution in [3.05, 3.63) is 0 Å². The highest BCUT2D eigenvalue weighted by Gasteiger charge is 2.54. The van der Waals surface area contributed by atoms with Gasteiger partial charge in [0.05, 0.1) is 25.9 Å². The molecule has 0 amide bonds. The van der Waals surface area contributed by atoms with Gasteiger partial charge in [-0.2, -0.15) is 0 Å². The Kier molecular flexibility index (Phi) is 11.5. The second-order valence-electron chi connectivity index (χ2n) is 10.7. The second-order valence-corrected chi connectivity index (χ2v) is 10.7. The first-order chi connectivity index (χ1) is 19.8. The zero-order valence-corrected chi connectivity index (χ0v) is 22.3. The van der Waals surface area contributed by atoms with Gasteiger partial charge in [-0.3, -0.25) is 0 Å². The predicted molar refractivity (Wildman–Crippen MR) is 126 cm³/mol. The molecule has 12 N–H and O–H groups in total. The van der Waals surface area contributed by atoms with E-state index in [0.717, 1.165) is 0 Å². The maximum Gasteiger partial charge on any atom is 0.187 e. The van der Waals surface area contributed by atoms with Gasteiger partial charge in [-0.1, -0.05) is 0 Å². The molecule has 0 spiro atoms. The molecule has 19 nitrogen and oxygen atoms in total. The third kappa shape index (κ3) is 6.74. The highest BCUT2D eigenvalue weighted by atomic mass is 16.8. The molecular weight excluding hydrogens is 580 g/mol. The smallest absolute Gasteiger partial charge is 0.187 e. The first-order valence-electron chi connectivity index (χ1n) is 13.4. The number of ether oxygens (including phenoxy) is 7. The fourth-order valence-corrected chi connectivity index (χ4v) is 5.16. The predicted octanol–water partition coefficient (Wildman–Crippen LogP) is -8.08. The van der Waals surface area contributed by atoms with Crippen molar-refractivity contribution in [3.63, 3.8) is 0 Å². The van der Waals surface area contributed by atoms with Crippen molar-refractivity contribution in [2.24, 2.45) is 0 Å². The Labute approximate surface area is 238 Å². The largest absolute Gasteiger partial charge is 0.394 e. The van der Waals surface area contributed by atoms with Crippen molar-refractivity contribution in [2.45, 2.75) is 124 Å². The lowest BCUT2D eigenvalue weighted by atomic mass is 9.96. The molecule has 0 aromatic heterocycles. The van der Waals surface area contributed by atoms with E-state index in [-0.39, 0.29) is 0 Å². The highest BCUT2D eigenvalue weighted by Crippen LogP contribution is 2.34. The molecule has 4 saturated heterocycles. The molecule has 0 aromatic rings. The Bertz CT molecular complexity index is 853. The Morgan fingerprint density at radius 2 is 1.05 bits per heavy atom. The van der Waals surface area contributed by atoms with Crippen molar-refractivity contribution >= 4 is 0 Å². The van der Waals surface area contributed by atoms with Gasteiger partial charge in [0.2, 0.25) is 0 Å². The third-order valence-electron chi connectivity index (χ3n) is 7.78. The molecule has 4 rings (SSSR count). The Hall–Kier alpha value is -0.760. The monoisotopic (exact) mass is 620 g/mol.